The normalized spacial score (nSPS) is 9.54. The second-order valence-corrected chi connectivity index (χ2v) is 5.84. The van der Waals surface area contributed by atoms with Crippen LogP contribution in [0.25, 0.3) is 0 Å². The largest absolute Gasteiger partial charge is 2.00 e. The molecule has 1 rings (SSSR count). The number of phenols is 1. The molecule has 0 aliphatic carbocycles. The van der Waals surface area contributed by atoms with Gasteiger partial charge in [-0.1, -0.05) is 82.9 Å². The van der Waals surface area contributed by atoms with Gasteiger partial charge in [0.1, 0.15) is 5.75 Å². The molecule has 1 aromatic rings. The second kappa shape index (κ2) is 19.2. The molecule has 0 aliphatic rings. The van der Waals surface area contributed by atoms with E-state index in [-0.39, 0.29) is 51.7 Å². The predicted octanol–water partition coefficient (Wildman–Crippen LogP) is 5.92. The molecule has 0 fully saturated rings. The molecule has 0 spiro atoms. The van der Waals surface area contributed by atoms with Crippen LogP contribution in [0.1, 0.15) is 79.5 Å². The van der Waals surface area contributed by atoms with Gasteiger partial charge in [0.05, 0.1) is 0 Å². The van der Waals surface area contributed by atoms with Crippen molar-refractivity contribution in [3.63, 3.8) is 0 Å². The molecule has 4 nitrogen and oxygen atoms in total. The summed E-state index contributed by atoms with van der Waals surface area (Å²) in [5, 5.41) is 23.6. The number of phenolic OH excluding ortho intramolecular Hbond substituents is 1. The van der Waals surface area contributed by atoms with Gasteiger partial charge in [0.2, 0.25) is 0 Å². The maximum absolute atomic E-state index is 9.65. The number of hydrogen-bond donors (Lipinski definition) is 3. The van der Waals surface area contributed by atoms with Crippen LogP contribution < -0.4 is 0 Å². The van der Waals surface area contributed by atoms with Gasteiger partial charge in [0.25, 0.3) is 0 Å². The quantitative estimate of drug-likeness (QED) is 0.281. The van der Waals surface area contributed by atoms with Crippen molar-refractivity contribution in [3.05, 3.63) is 29.8 Å². The Labute approximate surface area is 189 Å². The minimum atomic E-state index is -1.83. The Morgan fingerprint density at radius 2 is 1.29 bits per heavy atom. The molecular weight excluding hydrogens is 430 g/mol. The second-order valence-electron chi connectivity index (χ2n) is 5.84. The molecular formula is C19H34BaO4. The van der Waals surface area contributed by atoms with E-state index in [4.69, 9.17) is 15.0 Å². The van der Waals surface area contributed by atoms with E-state index in [1.807, 2.05) is 18.2 Å². The van der Waals surface area contributed by atoms with Crippen molar-refractivity contribution in [1.29, 1.82) is 0 Å². The first kappa shape index (κ1) is 26.1. The average Bonchev–Trinajstić information content (AvgIpc) is 2.50. The van der Waals surface area contributed by atoms with E-state index in [1.165, 1.54) is 64.2 Å². The van der Waals surface area contributed by atoms with Crippen LogP contribution in [0.3, 0.4) is 0 Å². The molecule has 0 atom stereocenters. The summed E-state index contributed by atoms with van der Waals surface area (Å²) in [6, 6.07) is 7.71. The minimum Gasteiger partial charge on any atom is -1.00 e. The van der Waals surface area contributed by atoms with E-state index in [1.54, 1.807) is 6.07 Å². The Hall–Kier alpha value is -0.139. The maximum Gasteiger partial charge on any atom is 2.00 e. The van der Waals surface area contributed by atoms with Crippen LogP contribution >= 0.6 is 0 Å². The molecule has 0 unspecified atom stereocenters. The van der Waals surface area contributed by atoms with Crippen LogP contribution in [-0.2, 0) is 6.42 Å². The van der Waals surface area contributed by atoms with Crippen LogP contribution in [-0.4, -0.2) is 70.4 Å². The van der Waals surface area contributed by atoms with E-state index < -0.39 is 6.16 Å². The molecule has 0 saturated carbocycles. The summed E-state index contributed by atoms with van der Waals surface area (Å²) in [6.07, 6.45) is 12.8. The zero-order chi connectivity index (χ0) is 17.3. The molecule has 0 aliphatic heterocycles. The number of carboxylic acid groups (broad SMARTS) is 2. The third-order valence-electron chi connectivity index (χ3n) is 3.79. The summed E-state index contributed by atoms with van der Waals surface area (Å²) in [6.45, 7) is 2.27. The first-order valence-corrected chi connectivity index (χ1v) is 8.76. The van der Waals surface area contributed by atoms with Gasteiger partial charge >= 0.3 is 55.0 Å². The van der Waals surface area contributed by atoms with E-state index in [0.717, 1.165) is 12.0 Å². The van der Waals surface area contributed by atoms with Gasteiger partial charge in [-0.3, -0.25) is 0 Å². The van der Waals surface area contributed by atoms with Crippen molar-refractivity contribution in [2.75, 3.05) is 0 Å². The topological polar surface area (TPSA) is 77.8 Å². The number of rotatable bonds is 11. The van der Waals surface area contributed by atoms with Crippen molar-refractivity contribution in [2.45, 2.75) is 77.6 Å². The summed E-state index contributed by atoms with van der Waals surface area (Å²) >= 11 is 0. The van der Waals surface area contributed by atoms with E-state index in [0.29, 0.717) is 5.75 Å². The predicted molar refractivity (Wildman–Crippen MR) is 102 cm³/mol. The number of hydrogen-bond acceptors (Lipinski definition) is 2. The van der Waals surface area contributed by atoms with Gasteiger partial charge in [0.15, 0.2) is 0 Å². The fourth-order valence-electron chi connectivity index (χ4n) is 2.53. The van der Waals surface area contributed by atoms with Crippen molar-refractivity contribution in [2.24, 2.45) is 0 Å². The summed E-state index contributed by atoms with van der Waals surface area (Å²) in [5.41, 5.74) is 1.10. The smallest absolute Gasteiger partial charge is 1.00 e. The molecule has 0 amide bonds. The monoisotopic (exact) mass is 464 g/mol. The Morgan fingerprint density at radius 3 is 1.75 bits per heavy atom. The van der Waals surface area contributed by atoms with Crippen molar-refractivity contribution in [1.82, 2.24) is 0 Å². The van der Waals surface area contributed by atoms with Gasteiger partial charge in [-0.15, -0.1) is 0 Å². The van der Waals surface area contributed by atoms with Crippen molar-refractivity contribution >= 4 is 55.0 Å². The number of para-hydroxylation sites is 1. The fourth-order valence-corrected chi connectivity index (χ4v) is 2.53. The molecule has 0 radical (unpaired) electrons. The van der Waals surface area contributed by atoms with E-state index in [2.05, 4.69) is 6.92 Å². The number of aryl methyl sites for hydroxylation is 1. The van der Waals surface area contributed by atoms with Crippen molar-refractivity contribution in [3.8, 4) is 5.75 Å². The van der Waals surface area contributed by atoms with Crippen LogP contribution in [0.5, 0.6) is 5.75 Å². The zero-order valence-corrected chi connectivity index (χ0v) is 19.5. The van der Waals surface area contributed by atoms with Gasteiger partial charge in [-0.25, -0.2) is 4.79 Å². The number of benzene rings is 1. The van der Waals surface area contributed by atoms with Crippen LogP contribution in [0.15, 0.2) is 24.3 Å². The zero-order valence-electron chi connectivity index (χ0n) is 17.0. The van der Waals surface area contributed by atoms with E-state index >= 15 is 0 Å². The Bertz CT molecular complexity index is 416. The van der Waals surface area contributed by atoms with Gasteiger partial charge in [0, 0.05) is 0 Å². The third kappa shape index (κ3) is 18.2. The standard InChI is InChI=1S/C18H30O.CH2O3.Ba.2H/c1-2-3-4-5-6-7-8-9-10-11-14-17-15-12-13-16-18(17)19;2-1(3)4;;;/h12-13,15-16,19H,2-11,14H2,1H3;(H2,2,3,4);;;/q;;+2;2*-1. The number of unbranched alkanes of at least 4 members (excludes halogenated alkanes) is 9. The number of carbonyl (C=O) groups is 1. The molecule has 5 heteroatoms. The molecule has 0 bridgehead atoms. The third-order valence-corrected chi connectivity index (χ3v) is 3.79. The van der Waals surface area contributed by atoms with E-state index in [9.17, 15) is 5.11 Å². The molecule has 0 saturated heterocycles. The summed E-state index contributed by atoms with van der Waals surface area (Å²) in [5.74, 6) is 0.457. The minimum absolute atomic E-state index is 0. The van der Waals surface area contributed by atoms with Crippen molar-refractivity contribution < 1.29 is 23.0 Å². The average molecular weight is 464 g/mol. The van der Waals surface area contributed by atoms with Crippen LogP contribution in [0.2, 0.25) is 0 Å². The first-order chi connectivity index (χ1) is 11.1. The Balaban J connectivity index is -0.000000314. The van der Waals surface area contributed by atoms with Gasteiger partial charge < -0.3 is 18.2 Å². The number of aromatic hydroxyl groups is 1. The molecule has 3 N–H and O–H groups in total. The molecule has 0 aromatic heterocycles. The molecule has 1 aromatic carbocycles. The Morgan fingerprint density at radius 1 is 0.875 bits per heavy atom. The molecule has 136 valence electrons. The first-order valence-electron chi connectivity index (χ1n) is 8.76. The Kier molecular flexibility index (Phi) is 20.9. The molecule has 24 heavy (non-hydrogen) atoms. The summed E-state index contributed by atoms with van der Waals surface area (Å²) in [4.78, 5) is 8.56. The fraction of sp³-hybridized carbons (Fsp3) is 0.632. The van der Waals surface area contributed by atoms with Gasteiger partial charge in [-0.2, -0.15) is 0 Å². The maximum atomic E-state index is 9.65. The molecule has 0 heterocycles. The van der Waals surface area contributed by atoms with Crippen LogP contribution in [0.4, 0.5) is 4.79 Å². The SMILES string of the molecule is CCCCCCCCCCCCc1ccccc1O.O=C(O)O.[Ba+2].[H-].[H-]. The summed E-state index contributed by atoms with van der Waals surface area (Å²) < 4.78 is 0. The summed E-state index contributed by atoms with van der Waals surface area (Å²) in [7, 11) is 0. The van der Waals surface area contributed by atoms with Crippen LogP contribution in [0, 0.1) is 0 Å². The van der Waals surface area contributed by atoms with Gasteiger partial charge in [-0.05, 0) is 24.5 Å².